The lowest BCUT2D eigenvalue weighted by molar-refractivity contribution is -0.142. The predicted molar refractivity (Wildman–Crippen MR) is 79.8 cm³/mol. The Morgan fingerprint density at radius 1 is 1.09 bits per heavy atom. The molecule has 0 bridgehead atoms. The Labute approximate surface area is 132 Å². The van der Waals surface area contributed by atoms with Gasteiger partial charge in [0.15, 0.2) is 0 Å². The lowest BCUT2D eigenvalue weighted by Crippen LogP contribution is -2.43. The fourth-order valence-corrected chi connectivity index (χ4v) is 2.06. The molecule has 120 valence electrons. The van der Waals surface area contributed by atoms with Crippen LogP contribution in [0.1, 0.15) is 15.9 Å². The third-order valence-electron chi connectivity index (χ3n) is 3.23. The number of methoxy groups -OCH3 is 1. The average molecular weight is 319 g/mol. The lowest BCUT2D eigenvalue weighted by atomic mass is 10.1. The van der Waals surface area contributed by atoms with E-state index in [1.54, 1.807) is 0 Å². The van der Waals surface area contributed by atoms with Crippen molar-refractivity contribution in [1.29, 1.82) is 0 Å². The van der Waals surface area contributed by atoms with Gasteiger partial charge in [0.25, 0.3) is 5.91 Å². The molecule has 6 heteroatoms. The molecule has 23 heavy (non-hydrogen) atoms. The summed E-state index contributed by atoms with van der Waals surface area (Å²) in [6, 6.07) is 9.72. The molecular weight excluding hydrogens is 304 g/mol. The molecular formula is C17H15F2NO3. The van der Waals surface area contributed by atoms with E-state index in [2.05, 4.69) is 10.1 Å². The van der Waals surface area contributed by atoms with E-state index < -0.39 is 29.6 Å². The second-order valence-electron chi connectivity index (χ2n) is 4.89. The van der Waals surface area contributed by atoms with Crippen LogP contribution in [0.25, 0.3) is 0 Å². The van der Waals surface area contributed by atoms with Gasteiger partial charge < -0.3 is 10.1 Å². The minimum Gasteiger partial charge on any atom is -0.467 e. The van der Waals surface area contributed by atoms with Crippen LogP contribution in [0.15, 0.2) is 48.5 Å². The van der Waals surface area contributed by atoms with Crippen LogP contribution in [0.3, 0.4) is 0 Å². The number of hydrogen-bond acceptors (Lipinski definition) is 3. The van der Waals surface area contributed by atoms with Crippen LogP contribution < -0.4 is 5.32 Å². The van der Waals surface area contributed by atoms with Gasteiger partial charge in [-0.1, -0.05) is 18.2 Å². The van der Waals surface area contributed by atoms with Crippen molar-refractivity contribution in [2.75, 3.05) is 7.11 Å². The number of nitrogens with one attached hydrogen (secondary N) is 1. The Bertz CT molecular complexity index is 701. The number of hydrogen-bond donors (Lipinski definition) is 1. The fourth-order valence-electron chi connectivity index (χ4n) is 2.06. The Hall–Kier alpha value is -2.76. The summed E-state index contributed by atoms with van der Waals surface area (Å²) in [5.41, 5.74) is 0.749. The summed E-state index contributed by atoms with van der Waals surface area (Å²) >= 11 is 0. The van der Waals surface area contributed by atoms with Gasteiger partial charge in [0.05, 0.1) is 7.11 Å². The quantitative estimate of drug-likeness (QED) is 0.862. The number of halogens is 2. The zero-order chi connectivity index (χ0) is 16.8. The van der Waals surface area contributed by atoms with Crippen molar-refractivity contribution in [3.8, 4) is 0 Å². The summed E-state index contributed by atoms with van der Waals surface area (Å²) < 4.78 is 30.8. The van der Waals surface area contributed by atoms with Gasteiger partial charge in [-0.25, -0.2) is 13.6 Å². The molecule has 1 N–H and O–H groups in total. The van der Waals surface area contributed by atoms with E-state index in [1.807, 2.05) is 0 Å². The van der Waals surface area contributed by atoms with Crippen molar-refractivity contribution in [1.82, 2.24) is 5.32 Å². The topological polar surface area (TPSA) is 55.4 Å². The standard InChI is InChI=1S/C17H15F2NO3/c1-23-17(22)15(9-11-5-7-13(18)8-6-11)20-16(21)12-3-2-4-14(19)10-12/h2-8,10,15H,9H2,1H3,(H,20,21)/t15-/m1/s1. The number of carbonyl (C=O) groups is 2. The maximum Gasteiger partial charge on any atom is 0.328 e. The number of rotatable bonds is 5. The summed E-state index contributed by atoms with van der Waals surface area (Å²) in [5.74, 6) is -2.18. The largest absolute Gasteiger partial charge is 0.467 e. The Morgan fingerprint density at radius 2 is 1.78 bits per heavy atom. The van der Waals surface area contributed by atoms with Gasteiger partial charge in [0.2, 0.25) is 0 Å². The SMILES string of the molecule is COC(=O)[C@@H](Cc1ccc(F)cc1)NC(=O)c1cccc(F)c1. The Morgan fingerprint density at radius 3 is 2.39 bits per heavy atom. The molecule has 0 aliphatic rings. The van der Waals surface area contributed by atoms with E-state index in [9.17, 15) is 18.4 Å². The number of amides is 1. The molecule has 0 spiro atoms. The molecule has 0 aliphatic carbocycles. The normalized spacial score (nSPS) is 11.6. The molecule has 1 amide bonds. The number of ether oxygens (including phenoxy) is 1. The zero-order valence-electron chi connectivity index (χ0n) is 12.4. The maximum atomic E-state index is 13.2. The van der Waals surface area contributed by atoms with Crippen LogP contribution in [0, 0.1) is 11.6 Å². The van der Waals surface area contributed by atoms with Crippen molar-refractivity contribution in [2.24, 2.45) is 0 Å². The van der Waals surface area contributed by atoms with Gasteiger partial charge >= 0.3 is 5.97 Å². The molecule has 2 aromatic rings. The van der Waals surface area contributed by atoms with Crippen molar-refractivity contribution in [3.63, 3.8) is 0 Å². The molecule has 0 fully saturated rings. The van der Waals surface area contributed by atoms with Crippen LogP contribution >= 0.6 is 0 Å². The van der Waals surface area contributed by atoms with E-state index >= 15 is 0 Å². The first-order valence-electron chi connectivity index (χ1n) is 6.88. The molecule has 0 aromatic heterocycles. The Balaban J connectivity index is 2.13. The molecule has 4 nitrogen and oxygen atoms in total. The highest BCUT2D eigenvalue weighted by Crippen LogP contribution is 2.09. The summed E-state index contributed by atoms with van der Waals surface area (Å²) in [4.78, 5) is 24.0. The fraction of sp³-hybridized carbons (Fsp3) is 0.176. The summed E-state index contributed by atoms with van der Waals surface area (Å²) in [6.45, 7) is 0. The van der Waals surface area contributed by atoms with Gasteiger partial charge in [0.1, 0.15) is 17.7 Å². The molecule has 2 aromatic carbocycles. The number of esters is 1. The molecule has 0 aliphatic heterocycles. The van der Waals surface area contributed by atoms with Gasteiger partial charge in [-0.3, -0.25) is 4.79 Å². The molecule has 2 rings (SSSR count). The summed E-state index contributed by atoms with van der Waals surface area (Å²) in [7, 11) is 1.20. The summed E-state index contributed by atoms with van der Waals surface area (Å²) in [6.07, 6.45) is 0.133. The van der Waals surface area contributed by atoms with Crippen LogP contribution in [0.4, 0.5) is 8.78 Å². The van der Waals surface area contributed by atoms with E-state index in [0.29, 0.717) is 5.56 Å². The van der Waals surface area contributed by atoms with E-state index in [1.165, 1.54) is 49.6 Å². The number of benzene rings is 2. The third kappa shape index (κ3) is 4.60. The molecule has 0 heterocycles. The minimum atomic E-state index is -0.957. The van der Waals surface area contributed by atoms with Crippen LogP contribution in [-0.4, -0.2) is 25.0 Å². The second-order valence-corrected chi connectivity index (χ2v) is 4.89. The van der Waals surface area contributed by atoms with Crippen LogP contribution in [0.2, 0.25) is 0 Å². The highest BCUT2D eigenvalue weighted by Gasteiger charge is 2.22. The molecule has 0 radical (unpaired) electrons. The minimum absolute atomic E-state index is 0.0954. The number of carbonyl (C=O) groups excluding carboxylic acids is 2. The van der Waals surface area contributed by atoms with Gasteiger partial charge in [-0.05, 0) is 35.9 Å². The summed E-state index contributed by atoms with van der Waals surface area (Å²) in [5, 5.41) is 2.50. The second kappa shape index (κ2) is 7.49. The monoisotopic (exact) mass is 319 g/mol. The molecule has 0 saturated carbocycles. The van der Waals surface area contributed by atoms with Gasteiger partial charge in [0, 0.05) is 12.0 Å². The first kappa shape index (κ1) is 16.6. The van der Waals surface area contributed by atoms with Crippen molar-refractivity contribution >= 4 is 11.9 Å². The smallest absolute Gasteiger partial charge is 0.328 e. The first-order chi connectivity index (χ1) is 11.0. The first-order valence-corrected chi connectivity index (χ1v) is 6.88. The Kier molecular flexibility index (Phi) is 5.41. The van der Waals surface area contributed by atoms with Crippen molar-refractivity contribution < 1.29 is 23.1 Å². The molecule has 1 atom stereocenters. The van der Waals surface area contributed by atoms with E-state index in [0.717, 1.165) is 6.07 Å². The average Bonchev–Trinajstić information content (AvgIpc) is 2.55. The van der Waals surface area contributed by atoms with Gasteiger partial charge in [-0.15, -0.1) is 0 Å². The highest BCUT2D eigenvalue weighted by molar-refractivity contribution is 5.96. The van der Waals surface area contributed by atoms with Crippen molar-refractivity contribution in [2.45, 2.75) is 12.5 Å². The molecule has 0 unspecified atom stereocenters. The maximum absolute atomic E-state index is 13.2. The third-order valence-corrected chi connectivity index (χ3v) is 3.23. The van der Waals surface area contributed by atoms with Gasteiger partial charge in [-0.2, -0.15) is 0 Å². The van der Waals surface area contributed by atoms with Crippen molar-refractivity contribution in [3.05, 3.63) is 71.3 Å². The molecule has 0 saturated heterocycles. The lowest BCUT2D eigenvalue weighted by Gasteiger charge is -2.16. The highest BCUT2D eigenvalue weighted by atomic mass is 19.1. The van der Waals surface area contributed by atoms with E-state index in [4.69, 9.17) is 0 Å². The zero-order valence-corrected chi connectivity index (χ0v) is 12.4. The van der Waals surface area contributed by atoms with E-state index in [-0.39, 0.29) is 12.0 Å². The van der Waals surface area contributed by atoms with Crippen LogP contribution in [0.5, 0.6) is 0 Å². The predicted octanol–water partition coefficient (Wildman–Crippen LogP) is 2.48. The van der Waals surface area contributed by atoms with Crippen LogP contribution in [-0.2, 0) is 16.0 Å².